The summed E-state index contributed by atoms with van der Waals surface area (Å²) in [7, 11) is 0. The van der Waals surface area contributed by atoms with Crippen molar-refractivity contribution in [3.8, 4) is 0 Å². The predicted molar refractivity (Wildman–Crippen MR) is 59.9 cm³/mol. The molecule has 2 N–H and O–H groups in total. The summed E-state index contributed by atoms with van der Waals surface area (Å²) < 4.78 is 15.9. The van der Waals surface area contributed by atoms with E-state index in [1.54, 1.807) is 13.8 Å². The second-order valence-corrected chi connectivity index (χ2v) is 3.67. The fourth-order valence-electron chi connectivity index (χ4n) is 1.04. The molecule has 0 bridgehead atoms. The van der Waals surface area contributed by atoms with Gasteiger partial charge in [-0.25, -0.2) is 0 Å². The van der Waals surface area contributed by atoms with Crippen LogP contribution in [0.5, 0.6) is 0 Å². The van der Waals surface area contributed by atoms with Crippen molar-refractivity contribution in [2.45, 2.75) is 52.3 Å². The minimum Gasteiger partial charge on any atom is -0.394 e. The van der Waals surface area contributed by atoms with E-state index in [9.17, 15) is 0 Å². The van der Waals surface area contributed by atoms with Crippen molar-refractivity contribution in [2.24, 2.45) is 0 Å². The minimum atomic E-state index is -0.859. The van der Waals surface area contributed by atoms with Gasteiger partial charge in [0.2, 0.25) is 0 Å². The highest BCUT2D eigenvalue weighted by molar-refractivity contribution is 4.49. The number of aliphatic hydroxyl groups is 2. The molecule has 5 heteroatoms. The first-order chi connectivity index (χ1) is 7.60. The topological polar surface area (TPSA) is 68.2 Å². The van der Waals surface area contributed by atoms with Crippen LogP contribution in [0.15, 0.2) is 0 Å². The maximum Gasteiger partial charge on any atom is 0.158 e. The van der Waals surface area contributed by atoms with Crippen molar-refractivity contribution in [2.75, 3.05) is 19.8 Å². The molecule has 0 saturated heterocycles. The van der Waals surface area contributed by atoms with Crippen LogP contribution in [0.25, 0.3) is 0 Å². The van der Waals surface area contributed by atoms with Crippen molar-refractivity contribution in [1.29, 1.82) is 0 Å². The molecule has 5 nitrogen and oxygen atoms in total. The molecule has 16 heavy (non-hydrogen) atoms. The molecule has 0 heterocycles. The van der Waals surface area contributed by atoms with Gasteiger partial charge in [0, 0.05) is 6.61 Å². The minimum absolute atomic E-state index is 0.0549. The molecule has 0 aromatic rings. The van der Waals surface area contributed by atoms with Gasteiger partial charge in [0.1, 0.15) is 6.10 Å². The number of ether oxygens (including phenoxy) is 3. The Labute approximate surface area is 97.3 Å². The smallest absolute Gasteiger partial charge is 0.158 e. The standard InChI is InChI=1S/C11H24O5/c1-4-5-6-14-9(2)16-10(3)15-8-11(13)7-12/h9-13H,4-8H2,1-3H3. The summed E-state index contributed by atoms with van der Waals surface area (Å²) in [4.78, 5) is 0. The normalized spacial score (nSPS) is 17.1. The molecule has 3 atom stereocenters. The number of unbranched alkanes of at least 4 members (excludes halogenated alkanes) is 1. The lowest BCUT2D eigenvalue weighted by Crippen LogP contribution is -2.27. The van der Waals surface area contributed by atoms with Crippen LogP contribution in [-0.2, 0) is 14.2 Å². The first-order valence-corrected chi connectivity index (χ1v) is 5.77. The van der Waals surface area contributed by atoms with Crippen molar-refractivity contribution in [1.82, 2.24) is 0 Å². The highest BCUT2D eigenvalue weighted by atomic mass is 16.8. The van der Waals surface area contributed by atoms with Crippen LogP contribution >= 0.6 is 0 Å². The molecule has 0 fully saturated rings. The maximum atomic E-state index is 9.05. The molecule has 0 rings (SSSR count). The zero-order valence-corrected chi connectivity index (χ0v) is 10.4. The Morgan fingerprint density at radius 1 is 1.12 bits per heavy atom. The quantitative estimate of drug-likeness (QED) is 0.435. The number of rotatable bonds is 10. The van der Waals surface area contributed by atoms with Gasteiger partial charge in [-0.3, -0.25) is 0 Å². The lowest BCUT2D eigenvalue weighted by atomic mass is 10.4. The Balaban J connectivity index is 3.49. The maximum absolute atomic E-state index is 9.05. The lowest BCUT2D eigenvalue weighted by Gasteiger charge is -2.20. The average molecular weight is 236 g/mol. The Bertz CT molecular complexity index is 153. The van der Waals surface area contributed by atoms with Gasteiger partial charge >= 0.3 is 0 Å². The summed E-state index contributed by atoms with van der Waals surface area (Å²) in [5.41, 5.74) is 0. The van der Waals surface area contributed by atoms with Gasteiger partial charge in [0.15, 0.2) is 12.6 Å². The van der Waals surface area contributed by atoms with Crippen molar-refractivity contribution in [3.63, 3.8) is 0 Å². The highest BCUT2D eigenvalue weighted by Gasteiger charge is 2.11. The van der Waals surface area contributed by atoms with Crippen molar-refractivity contribution >= 4 is 0 Å². The Hall–Kier alpha value is -0.200. The summed E-state index contributed by atoms with van der Waals surface area (Å²) in [5, 5.41) is 17.6. The lowest BCUT2D eigenvalue weighted by molar-refractivity contribution is -0.237. The third-order valence-electron chi connectivity index (χ3n) is 1.97. The van der Waals surface area contributed by atoms with E-state index in [1.165, 1.54) is 0 Å². The molecule has 0 saturated carbocycles. The zero-order valence-electron chi connectivity index (χ0n) is 10.4. The SMILES string of the molecule is CCCCOC(C)OC(C)OCC(O)CO. The van der Waals surface area contributed by atoms with Gasteiger partial charge in [-0.05, 0) is 20.3 Å². The molecule has 98 valence electrons. The summed E-state index contributed by atoms with van der Waals surface area (Å²) in [6.45, 7) is 6.04. The molecular formula is C11H24O5. The van der Waals surface area contributed by atoms with Gasteiger partial charge in [-0.2, -0.15) is 0 Å². The van der Waals surface area contributed by atoms with E-state index in [2.05, 4.69) is 6.92 Å². The van der Waals surface area contributed by atoms with Gasteiger partial charge in [-0.1, -0.05) is 13.3 Å². The Morgan fingerprint density at radius 3 is 2.31 bits per heavy atom. The largest absolute Gasteiger partial charge is 0.394 e. The molecule has 0 aliphatic carbocycles. The average Bonchev–Trinajstić information content (AvgIpc) is 2.26. The highest BCUT2D eigenvalue weighted by Crippen LogP contribution is 2.03. The summed E-state index contributed by atoms with van der Waals surface area (Å²) in [6.07, 6.45) is 0.446. The summed E-state index contributed by atoms with van der Waals surface area (Å²) in [6, 6.07) is 0. The van der Waals surface area contributed by atoms with Gasteiger partial charge in [0.05, 0.1) is 13.2 Å². The van der Waals surface area contributed by atoms with E-state index in [0.717, 1.165) is 12.8 Å². The third kappa shape index (κ3) is 9.06. The first-order valence-electron chi connectivity index (χ1n) is 5.77. The fourth-order valence-corrected chi connectivity index (χ4v) is 1.04. The number of hydrogen-bond acceptors (Lipinski definition) is 5. The van der Waals surface area contributed by atoms with Crippen molar-refractivity contribution in [3.05, 3.63) is 0 Å². The van der Waals surface area contributed by atoms with Crippen LogP contribution in [0, 0.1) is 0 Å². The zero-order chi connectivity index (χ0) is 12.4. The molecular weight excluding hydrogens is 212 g/mol. The van der Waals surface area contributed by atoms with E-state index < -0.39 is 12.4 Å². The summed E-state index contributed by atoms with van der Waals surface area (Å²) >= 11 is 0. The van der Waals surface area contributed by atoms with Gasteiger partial charge in [-0.15, -0.1) is 0 Å². The van der Waals surface area contributed by atoms with Gasteiger partial charge < -0.3 is 24.4 Å². The van der Waals surface area contributed by atoms with Crippen LogP contribution in [0.4, 0.5) is 0 Å². The molecule has 0 spiro atoms. The molecule has 0 aromatic carbocycles. The van der Waals surface area contributed by atoms with Crippen LogP contribution in [0.1, 0.15) is 33.6 Å². The van der Waals surface area contributed by atoms with E-state index in [1.807, 2.05) is 0 Å². The molecule has 0 aliphatic rings. The van der Waals surface area contributed by atoms with Crippen molar-refractivity contribution < 1.29 is 24.4 Å². The molecule has 3 unspecified atom stereocenters. The number of hydrogen-bond donors (Lipinski definition) is 2. The predicted octanol–water partition coefficient (Wildman–Crippen LogP) is 0.881. The van der Waals surface area contributed by atoms with E-state index in [-0.39, 0.29) is 19.5 Å². The van der Waals surface area contributed by atoms with E-state index >= 15 is 0 Å². The Morgan fingerprint density at radius 2 is 1.75 bits per heavy atom. The fraction of sp³-hybridized carbons (Fsp3) is 1.00. The van der Waals surface area contributed by atoms with Crippen LogP contribution in [-0.4, -0.2) is 48.7 Å². The van der Waals surface area contributed by atoms with E-state index in [4.69, 9.17) is 24.4 Å². The molecule has 0 aromatic heterocycles. The van der Waals surface area contributed by atoms with E-state index in [0.29, 0.717) is 6.61 Å². The monoisotopic (exact) mass is 236 g/mol. The van der Waals surface area contributed by atoms with Crippen LogP contribution in [0.3, 0.4) is 0 Å². The second kappa shape index (κ2) is 9.99. The molecule has 0 radical (unpaired) electrons. The number of aliphatic hydroxyl groups excluding tert-OH is 2. The van der Waals surface area contributed by atoms with Gasteiger partial charge in [0.25, 0.3) is 0 Å². The third-order valence-corrected chi connectivity index (χ3v) is 1.97. The summed E-state index contributed by atoms with van der Waals surface area (Å²) in [5.74, 6) is 0. The molecule has 0 aliphatic heterocycles. The first kappa shape index (κ1) is 15.8. The van der Waals surface area contributed by atoms with Crippen LogP contribution < -0.4 is 0 Å². The van der Waals surface area contributed by atoms with Crippen LogP contribution in [0.2, 0.25) is 0 Å². The molecule has 0 amide bonds. The second-order valence-electron chi connectivity index (χ2n) is 3.67. The Kier molecular flexibility index (Phi) is 9.86.